The fourth-order valence-electron chi connectivity index (χ4n) is 2.35. The molecule has 0 saturated heterocycles. The molecule has 0 spiro atoms. The predicted octanol–water partition coefficient (Wildman–Crippen LogP) is 2.22. The minimum absolute atomic E-state index is 0.0384. The number of methoxy groups -OCH3 is 1. The fraction of sp³-hybridized carbons (Fsp3) is 0.125. The van der Waals surface area contributed by atoms with Crippen molar-refractivity contribution in [2.75, 3.05) is 11.8 Å². The Balaban J connectivity index is 1.96. The van der Waals surface area contributed by atoms with Gasteiger partial charge in [0, 0.05) is 11.6 Å². The molecule has 0 unspecified atom stereocenters. The van der Waals surface area contributed by atoms with E-state index >= 15 is 0 Å². The topological polar surface area (TPSA) is 98.8 Å². The Kier molecular flexibility index (Phi) is 4.36. The highest BCUT2D eigenvalue weighted by Gasteiger charge is 2.26. The molecule has 1 heterocycles. The number of carbonyl (C=O) groups is 2. The number of nitrogens with one attached hydrogen (secondary N) is 1. The highest BCUT2D eigenvalue weighted by molar-refractivity contribution is 7.92. The minimum Gasteiger partial charge on any atom is -0.465 e. The maximum absolute atomic E-state index is 14.1. The van der Waals surface area contributed by atoms with Crippen LogP contribution in [0.1, 0.15) is 26.3 Å². The van der Waals surface area contributed by atoms with E-state index in [9.17, 15) is 26.8 Å². The van der Waals surface area contributed by atoms with Gasteiger partial charge in [-0.05, 0) is 18.2 Å². The summed E-state index contributed by atoms with van der Waals surface area (Å²) in [6.45, 7) is 0.0384. The van der Waals surface area contributed by atoms with Gasteiger partial charge < -0.3 is 9.47 Å². The van der Waals surface area contributed by atoms with E-state index in [4.69, 9.17) is 4.74 Å². The van der Waals surface area contributed by atoms with Gasteiger partial charge in [-0.25, -0.2) is 26.8 Å². The molecule has 7 nitrogen and oxygen atoms in total. The molecule has 10 heteroatoms. The van der Waals surface area contributed by atoms with Crippen LogP contribution in [-0.2, 0) is 26.1 Å². The second-order valence-corrected chi connectivity index (χ2v) is 6.99. The van der Waals surface area contributed by atoms with E-state index in [0.29, 0.717) is 17.7 Å². The SMILES string of the molecule is COC(=O)c1cc(F)c(NS(=O)(=O)c2ccc3c(c2)C(=O)OC3)cc1F. The molecule has 1 aliphatic rings. The van der Waals surface area contributed by atoms with Gasteiger partial charge in [-0.3, -0.25) is 4.72 Å². The summed E-state index contributed by atoms with van der Waals surface area (Å²) >= 11 is 0. The number of halogens is 2. The lowest BCUT2D eigenvalue weighted by molar-refractivity contribution is 0.0533. The highest BCUT2D eigenvalue weighted by Crippen LogP contribution is 2.26. The molecule has 1 aliphatic heterocycles. The molecule has 0 saturated carbocycles. The maximum Gasteiger partial charge on any atom is 0.340 e. The Morgan fingerprint density at radius 1 is 1.19 bits per heavy atom. The van der Waals surface area contributed by atoms with Crippen LogP contribution < -0.4 is 4.72 Å². The summed E-state index contributed by atoms with van der Waals surface area (Å²) in [5, 5.41) is 0. The van der Waals surface area contributed by atoms with Crippen LogP contribution >= 0.6 is 0 Å². The van der Waals surface area contributed by atoms with Crippen LogP contribution in [0.2, 0.25) is 0 Å². The number of rotatable bonds is 4. The Hall–Kier alpha value is -3.01. The smallest absolute Gasteiger partial charge is 0.340 e. The van der Waals surface area contributed by atoms with Gasteiger partial charge in [0.1, 0.15) is 18.2 Å². The molecule has 0 radical (unpaired) electrons. The standard InChI is InChI=1S/C16H11F2NO6S/c1-24-15(20)11-5-13(18)14(6-12(11)17)19-26(22,23)9-3-2-8-7-25-16(21)10(8)4-9/h2-6,19H,7H2,1H3. The molecule has 0 aromatic heterocycles. The molecule has 0 aliphatic carbocycles. The van der Waals surface area contributed by atoms with Gasteiger partial charge in [0.25, 0.3) is 10.0 Å². The van der Waals surface area contributed by atoms with Crippen LogP contribution in [0.25, 0.3) is 0 Å². The molecular formula is C16H11F2NO6S. The first-order valence-corrected chi connectivity index (χ1v) is 8.61. The number of benzene rings is 2. The third-order valence-electron chi connectivity index (χ3n) is 3.68. The lowest BCUT2D eigenvalue weighted by Gasteiger charge is -2.11. The molecule has 0 amide bonds. The predicted molar refractivity (Wildman–Crippen MR) is 84.1 cm³/mol. The fourth-order valence-corrected chi connectivity index (χ4v) is 3.44. The normalized spacial score (nSPS) is 13.1. The van der Waals surface area contributed by atoms with Gasteiger partial charge in [-0.2, -0.15) is 0 Å². The number of esters is 2. The molecule has 0 bridgehead atoms. The lowest BCUT2D eigenvalue weighted by Crippen LogP contribution is -2.16. The highest BCUT2D eigenvalue weighted by atomic mass is 32.2. The molecular weight excluding hydrogens is 372 g/mol. The first kappa shape index (κ1) is 17.8. The van der Waals surface area contributed by atoms with Crippen molar-refractivity contribution in [2.24, 2.45) is 0 Å². The van der Waals surface area contributed by atoms with Crippen molar-refractivity contribution in [3.8, 4) is 0 Å². The number of fused-ring (bicyclic) bond motifs is 1. The van der Waals surface area contributed by atoms with Crippen LogP contribution in [0, 0.1) is 11.6 Å². The Bertz CT molecular complexity index is 1040. The second-order valence-electron chi connectivity index (χ2n) is 5.30. The van der Waals surface area contributed by atoms with Crippen molar-refractivity contribution in [2.45, 2.75) is 11.5 Å². The first-order chi connectivity index (χ1) is 12.2. The van der Waals surface area contributed by atoms with Gasteiger partial charge in [-0.15, -0.1) is 0 Å². The van der Waals surface area contributed by atoms with E-state index in [2.05, 4.69) is 4.74 Å². The molecule has 0 fully saturated rings. The zero-order chi connectivity index (χ0) is 19.1. The average Bonchev–Trinajstić information content (AvgIpc) is 2.97. The number of hydrogen-bond donors (Lipinski definition) is 1. The number of anilines is 1. The van der Waals surface area contributed by atoms with E-state index in [-0.39, 0.29) is 17.1 Å². The Morgan fingerprint density at radius 2 is 1.92 bits per heavy atom. The summed E-state index contributed by atoms with van der Waals surface area (Å²) in [6.07, 6.45) is 0. The lowest BCUT2D eigenvalue weighted by atomic mass is 10.1. The average molecular weight is 383 g/mol. The van der Waals surface area contributed by atoms with Gasteiger partial charge in [-0.1, -0.05) is 6.07 Å². The van der Waals surface area contributed by atoms with Crippen molar-refractivity contribution in [3.63, 3.8) is 0 Å². The number of carbonyl (C=O) groups excluding carboxylic acids is 2. The number of cyclic esters (lactones) is 1. The van der Waals surface area contributed by atoms with Crippen molar-refractivity contribution >= 4 is 27.6 Å². The quantitative estimate of drug-likeness (QED) is 0.813. The summed E-state index contributed by atoms with van der Waals surface area (Å²) in [4.78, 5) is 22.5. The van der Waals surface area contributed by atoms with E-state index in [1.165, 1.54) is 12.1 Å². The van der Waals surface area contributed by atoms with Crippen molar-refractivity contribution in [1.82, 2.24) is 0 Å². The van der Waals surface area contributed by atoms with Crippen LogP contribution in [0.4, 0.5) is 14.5 Å². The zero-order valence-electron chi connectivity index (χ0n) is 13.2. The van der Waals surface area contributed by atoms with Crippen molar-refractivity contribution < 1.29 is 36.3 Å². The summed E-state index contributed by atoms with van der Waals surface area (Å²) in [5.41, 5.74) is -0.763. The minimum atomic E-state index is -4.32. The summed E-state index contributed by atoms with van der Waals surface area (Å²) in [7, 11) is -3.32. The summed E-state index contributed by atoms with van der Waals surface area (Å²) < 4.78 is 63.8. The first-order valence-electron chi connectivity index (χ1n) is 7.13. The molecule has 1 N–H and O–H groups in total. The van der Waals surface area contributed by atoms with E-state index in [0.717, 1.165) is 13.2 Å². The number of ether oxygens (including phenoxy) is 2. The van der Waals surface area contributed by atoms with Crippen LogP contribution in [0.15, 0.2) is 35.2 Å². The maximum atomic E-state index is 14.1. The third-order valence-corrected chi connectivity index (χ3v) is 5.04. The van der Waals surface area contributed by atoms with Crippen LogP contribution in [0.5, 0.6) is 0 Å². The van der Waals surface area contributed by atoms with Crippen LogP contribution in [0.3, 0.4) is 0 Å². The zero-order valence-corrected chi connectivity index (χ0v) is 14.0. The molecule has 3 rings (SSSR count). The number of sulfonamides is 1. The van der Waals surface area contributed by atoms with Gasteiger partial charge in [0.15, 0.2) is 0 Å². The Morgan fingerprint density at radius 3 is 2.62 bits per heavy atom. The van der Waals surface area contributed by atoms with E-state index in [1.807, 2.05) is 4.72 Å². The molecule has 2 aromatic rings. The van der Waals surface area contributed by atoms with Crippen molar-refractivity contribution in [1.29, 1.82) is 0 Å². The van der Waals surface area contributed by atoms with E-state index < -0.39 is 44.8 Å². The third kappa shape index (κ3) is 3.10. The van der Waals surface area contributed by atoms with Gasteiger partial charge >= 0.3 is 11.9 Å². The van der Waals surface area contributed by atoms with Gasteiger partial charge in [0.05, 0.1) is 28.8 Å². The van der Waals surface area contributed by atoms with Gasteiger partial charge in [0.2, 0.25) is 0 Å². The molecule has 136 valence electrons. The molecule has 0 atom stereocenters. The molecule has 2 aromatic carbocycles. The molecule has 26 heavy (non-hydrogen) atoms. The van der Waals surface area contributed by atoms with E-state index in [1.54, 1.807) is 0 Å². The number of hydrogen-bond acceptors (Lipinski definition) is 6. The largest absolute Gasteiger partial charge is 0.465 e. The van der Waals surface area contributed by atoms with Crippen LogP contribution in [-0.4, -0.2) is 27.5 Å². The summed E-state index contributed by atoms with van der Waals surface area (Å²) in [6, 6.07) is 4.75. The Labute approximate surface area is 146 Å². The van der Waals surface area contributed by atoms with Crippen molar-refractivity contribution in [3.05, 3.63) is 58.7 Å². The second kappa shape index (κ2) is 6.37. The monoisotopic (exact) mass is 383 g/mol. The summed E-state index contributed by atoms with van der Waals surface area (Å²) in [5.74, 6) is -4.10.